The number of nitrogens with one attached hydrogen (secondary N) is 4. The van der Waals surface area contributed by atoms with Crippen molar-refractivity contribution in [3.63, 3.8) is 0 Å². The standard InChI is InChI=1S/C46H71N5O11S/c1-32(2)27-38(42(53)46(7,57)31-62-63(58,59)26-14-23-61-34(5)6)48-45(56)40(29-36-17-12-9-13-18-36)50-44(55)39(28-33(3)4)49-43(54)37(20-19-35-15-10-8-11-16-35)47-41(52)30-51-21-24-60-25-22-51/h8-13,15-18,32-34,37-40,57H,14,19-31H2,1-7H3,(H,47,52)(H,48,56)(H,49,54)(H,50,55)/t37-,38-,39-,40-,46+/m0/s1. The molecule has 0 aliphatic carbocycles. The van der Waals surface area contributed by atoms with Crippen LogP contribution in [0.2, 0.25) is 0 Å². The summed E-state index contributed by atoms with van der Waals surface area (Å²) in [6, 6.07) is 13.9. The molecule has 0 unspecified atom stereocenters. The lowest BCUT2D eigenvalue weighted by molar-refractivity contribution is -0.143. The molecular weight excluding hydrogens is 831 g/mol. The molecule has 16 nitrogen and oxygen atoms in total. The quantitative estimate of drug-likeness (QED) is 0.0616. The van der Waals surface area contributed by atoms with Crippen molar-refractivity contribution in [2.45, 2.75) is 123 Å². The minimum Gasteiger partial charge on any atom is -0.380 e. The summed E-state index contributed by atoms with van der Waals surface area (Å²) in [6.45, 7) is 13.8. The highest BCUT2D eigenvalue weighted by atomic mass is 32.2. The molecule has 4 amide bonds. The number of nitrogens with zero attached hydrogens (tertiary/aromatic N) is 1. The van der Waals surface area contributed by atoms with Crippen LogP contribution in [0.4, 0.5) is 0 Å². The van der Waals surface area contributed by atoms with Gasteiger partial charge in [0.25, 0.3) is 10.1 Å². The number of ether oxygens (including phenoxy) is 2. The molecule has 1 aliphatic heterocycles. The smallest absolute Gasteiger partial charge is 0.267 e. The summed E-state index contributed by atoms with van der Waals surface area (Å²) in [5.41, 5.74) is -0.642. The predicted molar refractivity (Wildman–Crippen MR) is 240 cm³/mol. The van der Waals surface area contributed by atoms with Gasteiger partial charge in [-0.2, -0.15) is 8.42 Å². The van der Waals surface area contributed by atoms with E-state index < -0.39 is 70.0 Å². The lowest BCUT2D eigenvalue weighted by Gasteiger charge is -2.30. The van der Waals surface area contributed by atoms with Gasteiger partial charge in [0.1, 0.15) is 30.3 Å². The Hall–Kier alpha value is -4.26. The van der Waals surface area contributed by atoms with E-state index in [9.17, 15) is 37.5 Å². The third kappa shape index (κ3) is 20.4. The lowest BCUT2D eigenvalue weighted by atomic mass is 9.90. The Balaban J connectivity index is 1.82. The number of aliphatic hydroxyl groups is 1. The Kier molecular flexibility index (Phi) is 22.3. The van der Waals surface area contributed by atoms with E-state index in [1.54, 1.807) is 30.3 Å². The Morgan fingerprint density at radius 3 is 1.86 bits per heavy atom. The number of carbonyl (C=O) groups is 5. The van der Waals surface area contributed by atoms with Crippen molar-refractivity contribution in [1.82, 2.24) is 26.2 Å². The molecule has 1 saturated heterocycles. The van der Waals surface area contributed by atoms with Crippen molar-refractivity contribution in [3.05, 3.63) is 71.8 Å². The van der Waals surface area contributed by atoms with Gasteiger partial charge in [-0.25, -0.2) is 0 Å². The van der Waals surface area contributed by atoms with Crippen molar-refractivity contribution < 1.29 is 51.2 Å². The monoisotopic (exact) mass is 901 g/mol. The molecule has 0 saturated carbocycles. The van der Waals surface area contributed by atoms with Crippen molar-refractivity contribution in [2.75, 3.05) is 51.8 Å². The molecular formula is C46H71N5O11S. The minimum atomic E-state index is -4.12. The molecule has 0 radical (unpaired) electrons. The van der Waals surface area contributed by atoms with E-state index in [1.165, 1.54) is 0 Å². The van der Waals surface area contributed by atoms with Gasteiger partial charge >= 0.3 is 0 Å². The number of hydrogen-bond acceptors (Lipinski definition) is 12. The average molecular weight is 902 g/mol. The van der Waals surface area contributed by atoms with Crippen LogP contribution in [0.1, 0.15) is 85.3 Å². The highest BCUT2D eigenvalue weighted by Crippen LogP contribution is 2.18. The fraction of sp³-hybridized carbons (Fsp3) is 0.630. The molecule has 2 aromatic rings. The van der Waals surface area contributed by atoms with E-state index >= 15 is 0 Å². The van der Waals surface area contributed by atoms with E-state index in [2.05, 4.69) is 21.3 Å². The maximum absolute atomic E-state index is 14.3. The number of ketones is 1. The second kappa shape index (κ2) is 26.5. The van der Waals surface area contributed by atoms with Crippen LogP contribution < -0.4 is 21.3 Å². The first-order chi connectivity index (χ1) is 29.7. The topological polar surface area (TPSA) is 219 Å². The van der Waals surface area contributed by atoms with E-state index in [-0.39, 0.29) is 74.9 Å². The van der Waals surface area contributed by atoms with E-state index in [0.29, 0.717) is 38.3 Å². The molecule has 5 atom stereocenters. The van der Waals surface area contributed by atoms with Gasteiger partial charge in [0.2, 0.25) is 23.6 Å². The first-order valence-electron chi connectivity index (χ1n) is 22.1. The molecule has 0 spiro atoms. The van der Waals surface area contributed by atoms with Crippen molar-refractivity contribution in [3.8, 4) is 0 Å². The summed E-state index contributed by atoms with van der Waals surface area (Å²) < 4.78 is 41.1. The molecule has 2 aromatic carbocycles. The zero-order valence-corrected chi connectivity index (χ0v) is 38.9. The molecule has 1 fully saturated rings. The van der Waals surface area contributed by atoms with E-state index in [0.717, 1.165) is 12.5 Å². The van der Waals surface area contributed by atoms with E-state index in [4.69, 9.17) is 13.7 Å². The predicted octanol–water partition coefficient (Wildman–Crippen LogP) is 2.71. The number of Topliss-reactive ketones (excluding diaryl/α,β-unsaturated/α-hetero) is 1. The van der Waals surface area contributed by atoms with Crippen LogP contribution in [0.5, 0.6) is 0 Å². The first kappa shape index (κ1) is 53.1. The summed E-state index contributed by atoms with van der Waals surface area (Å²) in [4.78, 5) is 71.7. The second-order valence-electron chi connectivity index (χ2n) is 17.6. The van der Waals surface area contributed by atoms with Gasteiger partial charge in [-0.05, 0) is 75.8 Å². The van der Waals surface area contributed by atoms with Crippen LogP contribution in [-0.2, 0) is 60.6 Å². The highest BCUT2D eigenvalue weighted by Gasteiger charge is 2.40. The minimum absolute atomic E-state index is 0.0128. The van der Waals surface area contributed by atoms with Gasteiger partial charge < -0.3 is 35.8 Å². The fourth-order valence-corrected chi connectivity index (χ4v) is 7.97. The van der Waals surface area contributed by atoms with Gasteiger partial charge in [0, 0.05) is 26.1 Å². The summed E-state index contributed by atoms with van der Waals surface area (Å²) in [5.74, 6) is -3.74. The molecule has 5 N–H and O–H groups in total. The fourth-order valence-electron chi connectivity index (χ4n) is 6.97. The SMILES string of the molecule is CC(C)C[C@H](NC(=O)[C@H](CCc1ccccc1)NC(=O)CN1CCOCC1)C(=O)N[C@@H](Cc1ccccc1)C(=O)N[C@@H](CC(C)C)C(=O)[C@](C)(O)COS(=O)(=O)CCCOC(C)C. The van der Waals surface area contributed by atoms with Crippen LogP contribution in [0.3, 0.4) is 0 Å². The number of rotatable bonds is 28. The molecule has 63 heavy (non-hydrogen) atoms. The van der Waals surface area contributed by atoms with Gasteiger partial charge in [-0.3, -0.25) is 33.1 Å². The van der Waals surface area contributed by atoms with Crippen molar-refractivity contribution in [1.29, 1.82) is 0 Å². The summed E-state index contributed by atoms with van der Waals surface area (Å²) >= 11 is 0. The largest absolute Gasteiger partial charge is 0.380 e. The number of amides is 4. The zero-order valence-electron chi connectivity index (χ0n) is 38.1. The number of aryl methyl sites for hydroxylation is 1. The molecule has 3 rings (SSSR count). The Morgan fingerprint density at radius 1 is 0.746 bits per heavy atom. The van der Waals surface area contributed by atoms with Gasteiger partial charge in [-0.1, -0.05) is 88.4 Å². The van der Waals surface area contributed by atoms with Crippen molar-refractivity contribution >= 4 is 39.5 Å². The van der Waals surface area contributed by atoms with Gasteiger partial charge in [0.05, 0.1) is 37.7 Å². The number of morpholine rings is 1. The summed E-state index contributed by atoms with van der Waals surface area (Å²) in [6.07, 6.45) is 1.12. The van der Waals surface area contributed by atoms with Gasteiger partial charge in [-0.15, -0.1) is 0 Å². The maximum atomic E-state index is 14.3. The molecule has 0 bridgehead atoms. The molecule has 1 aliphatic rings. The third-order valence-corrected chi connectivity index (χ3v) is 11.6. The molecule has 0 aromatic heterocycles. The first-order valence-corrected chi connectivity index (χ1v) is 23.7. The number of hydrogen-bond donors (Lipinski definition) is 5. The van der Waals surface area contributed by atoms with E-state index in [1.807, 2.05) is 76.8 Å². The van der Waals surface area contributed by atoms with Crippen LogP contribution in [0.25, 0.3) is 0 Å². The summed E-state index contributed by atoms with van der Waals surface area (Å²) in [5, 5.41) is 22.6. The highest BCUT2D eigenvalue weighted by molar-refractivity contribution is 7.86. The Labute approximate surface area is 374 Å². The zero-order chi connectivity index (χ0) is 46.6. The van der Waals surface area contributed by atoms with Crippen molar-refractivity contribution in [2.24, 2.45) is 11.8 Å². The number of carbonyl (C=O) groups excluding carboxylic acids is 5. The molecule has 1 heterocycles. The third-order valence-electron chi connectivity index (χ3n) is 10.3. The lowest BCUT2D eigenvalue weighted by Crippen LogP contribution is -2.60. The molecule has 352 valence electrons. The number of benzene rings is 2. The second-order valence-corrected chi connectivity index (χ2v) is 19.4. The summed E-state index contributed by atoms with van der Waals surface area (Å²) in [7, 11) is -4.12. The van der Waals surface area contributed by atoms with Crippen LogP contribution >= 0.6 is 0 Å². The molecule has 17 heteroatoms. The van der Waals surface area contributed by atoms with Crippen LogP contribution in [0, 0.1) is 11.8 Å². The van der Waals surface area contributed by atoms with Gasteiger partial charge in [0.15, 0.2) is 5.78 Å². The Morgan fingerprint density at radius 2 is 1.27 bits per heavy atom. The maximum Gasteiger partial charge on any atom is 0.267 e. The van der Waals surface area contributed by atoms with Crippen LogP contribution in [-0.4, -0.2) is 136 Å². The normalized spacial score (nSPS) is 16.4. The average Bonchev–Trinajstić information content (AvgIpc) is 3.23. The Bertz CT molecular complexity index is 1840. The van der Waals surface area contributed by atoms with Crippen LogP contribution in [0.15, 0.2) is 60.7 Å².